The minimum atomic E-state index is 0.210. The summed E-state index contributed by atoms with van der Waals surface area (Å²) in [5.74, 6) is 0. The van der Waals surface area contributed by atoms with Gasteiger partial charge in [-0.25, -0.2) is 0 Å². The number of hydrogen-bond acceptors (Lipinski definition) is 3. The molecule has 3 heteroatoms. The second-order valence-corrected chi connectivity index (χ2v) is 6.25. The summed E-state index contributed by atoms with van der Waals surface area (Å²) in [7, 11) is 0. The van der Waals surface area contributed by atoms with Crippen LogP contribution in [0, 0.1) is 5.41 Å². The van der Waals surface area contributed by atoms with Crippen LogP contribution in [-0.4, -0.2) is 25.0 Å². The zero-order valence-electron chi connectivity index (χ0n) is 11.7. The average molecular weight is 265 g/mol. The Balaban J connectivity index is 2.03. The summed E-state index contributed by atoms with van der Waals surface area (Å²) in [5, 5.41) is 3.68. The molecule has 1 aromatic rings. The van der Waals surface area contributed by atoms with Crippen LogP contribution in [0.2, 0.25) is 0 Å². The van der Waals surface area contributed by atoms with Crippen molar-refractivity contribution in [1.29, 1.82) is 0 Å². The van der Waals surface area contributed by atoms with Crippen molar-refractivity contribution in [2.45, 2.75) is 44.2 Å². The Morgan fingerprint density at radius 3 is 2.72 bits per heavy atom. The van der Waals surface area contributed by atoms with Crippen LogP contribution in [0.4, 0.5) is 5.69 Å². The molecule has 0 aliphatic heterocycles. The monoisotopic (exact) mass is 265 g/mol. The molecule has 1 aliphatic rings. The Morgan fingerprint density at radius 2 is 2.11 bits per heavy atom. The van der Waals surface area contributed by atoms with Crippen molar-refractivity contribution in [3.8, 4) is 0 Å². The molecule has 0 heterocycles. The van der Waals surface area contributed by atoms with Crippen LogP contribution in [-0.2, 0) is 4.74 Å². The van der Waals surface area contributed by atoms with Gasteiger partial charge in [-0.3, -0.25) is 0 Å². The third-order valence-electron chi connectivity index (χ3n) is 3.98. The lowest BCUT2D eigenvalue weighted by Gasteiger charge is -2.52. The fourth-order valence-corrected chi connectivity index (χ4v) is 3.13. The molecule has 1 saturated carbocycles. The Hall–Kier alpha value is -0.670. The zero-order valence-corrected chi connectivity index (χ0v) is 12.5. The molecule has 1 N–H and O–H groups in total. The molecule has 0 spiro atoms. The lowest BCUT2D eigenvalue weighted by molar-refractivity contribution is -0.0976. The molecule has 1 fully saturated rings. The highest BCUT2D eigenvalue weighted by Crippen LogP contribution is 2.45. The topological polar surface area (TPSA) is 21.3 Å². The number of nitrogens with one attached hydrogen (secondary N) is 1. The smallest absolute Gasteiger partial charge is 0.0665 e. The summed E-state index contributed by atoms with van der Waals surface area (Å²) in [5.41, 5.74) is 1.46. The predicted molar refractivity (Wildman–Crippen MR) is 79.4 cm³/mol. The summed E-state index contributed by atoms with van der Waals surface area (Å²) in [4.78, 5) is 1.31. The quantitative estimate of drug-likeness (QED) is 0.812. The average Bonchev–Trinajstić information content (AvgIpc) is 2.38. The normalized spacial score (nSPS) is 25.6. The van der Waals surface area contributed by atoms with Gasteiger partial charge in [-0.05, 0) is 31.7 Å². The van der Waals surface area contributed by atoms with Crippen LogP contribution in [0.3, 0.4) is 0 Å². The van der Waals surface area contributed by atoms with E-state index in [4.69, 9.17) is 4.74 Å². The maximum absolute atomic E-state index is 5.77. The zero-order chi connectivity index (χ0) is 13.2. The van der Waals surface area contributed by atoms with Crippen molar-refractivity contribution in [1.82, 2.24) is 0 Å². The van der Waals surface area contributed by atoms with E-state index in [9.17, 15) is 0 Å². The Kier molecular flexibility index (Phi) is 4.23. The molecule has 2 rings (SSSR count). The van der Waals surface area contributed by atoms with Gasteiger partial charge in [-0.2, -0.15) is 0 Å². The van der Waals surface area contributed by atoms with Gasteiger partial charge in [0, 0.05) is 28.6 Å². The second-order valence-electron chi connectivity index (χ2n) is 5.40. The van der Waals surface area contributed by atoms with Crippen LogP contribution in [0.1, 0.15) is 27.2 Å². The fourth-order valence-electron chi connectivity index (χ4n) is 2.57. The number of hydrogen-bond donors (Lipinski definition) is 1. The van der Waals surface area contributed by atoms with Gasteiger partial charge in [0.15, 0.2) is 0 Å². The first kappa shape index (κ1) is 13.8. The predicted octanol–water partition coefficient (Wildman–Crippen LogP) is 4.02. The van der Waals surface area contributed by atoms with Gasteiger partial charge in [0.1, 0.15) is 0 Å². The first-order valence-electron chi connectivity index (χ1n) is 6.60. The van der Waals surface area contributed by atoms with E-state index in [1.807, 2.05) is 0 Å². The van der Waals surface area contributed by atoms with E-state index in [2.05, 4.69) is 56.6 Å². The van der Waals surface area contributed by atoms with E-state index in [1.54, 1.807) is 11.8 Å². The molecular formula is C15H23NOS. The highest BCUT2D eigenvalue weighted by atomic mass is 32.2. The number of rotatable bonds is 5. The van der Waals surface area contributed by atoms with Gasteiger partial charge in [0.05, 0.1) is 6.10 Å². The fraction of sp³-hybridized carbons (Fsp3) is 0.600. The number of ether oxygens (including phenoxy) is 1. The van der Waals surface area contributed by atoms with Crippen molar-refractivity contribution in [3.05, 3.63) is 24.3 Å². The molecule has 100 valence electrons. The molecule has 0 bridgehead atoms. The highest BCUT2D eigenvalue weighted by molar-refractivity contribution is 7.98. The van der Waals surface area contributed by atoms with Crippen LogP contribution < -0.4 is 5.32 Å². The third kappa shape index (κ3) is 2.52. The lowest BCUT2D eigenvalue weighted by atomic mass is 9.64. The molecule has 2 nitrogen and oxygen atoms in total. The van der Waals surface area contributed by atoms with Crippen molar-refractivity contribution >= 4 is 17.4 Å². The number of thioether (sulfide) groups is 1. The third-order valence-corrected chi connectivity index (χ3v) is 4.78. The minimum Gasteiger partial charge on any atom is -0.381 e. The van der Waals surface area contributed by atoms with Crippen LogP contribution in [0.25, 0.3) is 0 Å². The lowest BCUT2D eigenvalue weighted by Crippen LogP contribution is -2.58. The summed E-state index contributed by atoms with van der Waals surface area (Å²) >= 11 is 1.79. The van der Waals surface area contributed by atoms with Gasteiger partial charge in [0.25, 0.3) is 0 Å². The molecule has 2 atom stereocenters. The van der Waals surface area contributed by atoms with Crippen LogP contribution >= 0.6 is 11.8 Å². The van der Waals surface area contributed by atoms with Crippen molar-refractivity contribution in [2.24, 2.45) is 5.41 Å². The molecular weight excluding hydrogens is 242 g/mol. The molecule has 0 aromatic heterocycles. The van der Waals surface area contributed by atoms with Gasteiger partial charge in [-0.1, -0.05) is 26.0 Å². The van der Waals surface area contributed by atoms with E-state index < -0.39 is 0 Å². The standard InChI is InChI=1S/C15H23NOS/c1-5-17-14-10-13(15(14,2)3)16-11-8-6-7-9-12(11)18-4/h6-9,13-14,16H,5,10H2,1-4H3. The summed E-state index contributed by atoms with van der Waals surface area (Å²) in [6.45, 7) is 7.45. The SMILES string of the molecule is CCOC1CC(Nc2ccccc2SC)C1(C)C. The summed E-state index contributed by atoms with van der Waals surface area (Å²) < 4.78 is 5.77. The number of benzene rings is 1. The first-order chi connectivity index (χ1) is 8.59. The molecule has 2 unspecified atom stereocenters. The van der Waals surface area contributed by atoms with Crippen LogP contribution in [0.15, 0.2) is 29.2 Å². The van der Waals surface area contributed by atoms with Gasteiger partial charge in [-0.15, -0.1) is 11.8 Å². The van der Waals surface area contributed by atoms with Crippen molar-refractivity contribution in [3.63, 3.8) is 0 Å². The second kappa shape index (κ2) is 5.54. The minimum absolute atomic E-state index is 0.210. The van der Waals surface area contributed by atoms with E-state index >= 15 is 0 Å². The number of anilines is 1. The van der Waals surface area contributed by atoms with Crippen molar-refractivity contribution < 1.29 is 4.74 Å². The maximum atomic E-state index is 5.77. The highest BCUT2D eigenvalue weighted by Gasteiger charge is 2.48. The largest absolute Gasteiger partial charge is 0.381 e. The molecule has 1 aliphatic carbocycles. The molecule has 0 amide bonds. The van der Waals surface area contributed by atoms with E-state index in [1.165, 1.54) is 10.6 Å². The van der Waals surface area contributed by atoms with Gasteiger partial charge in [0.2, 0.25) is 0 Å². The molecule has 1 aromatic carbocycles. The Labute approximate surface area is 114 Å². The molecule has 18 heavy (non-hydrogen) atoms. The Bertz CT molecular complexity index is 405. The van der Waals surface area contributed by atoms with E-state index in [0.29, 0.717) is 12.1 Å². The summed E-state index contributed by atoms with van der Waals surface area (Å²) in [6.07, 6.45) is 3.61. The van der Waals surface area contributed by atoms with E-state index in [0.717, 1.165) is 13.0 Å². The number of para-hydroxylation sites is 1. The van der Waals surface area contributed by atoms with Gasteiger partial charge < -0.3 is 10.1 Å². The van der Waals surface area contributed by atoms with Crippen LogP contribution in [0.5, 0.6) is 0 Å². The maximum Gasteiger partial charge on any atom is 0.0665 e. The Morgan fingerprint density at radius 1 is 1.39 bits per heavy atom. The molecule has 0 saturated heterocycles. The first-order valence-corrected chi connectivity index (χ1v) is 7.83. The van der Waals surface area contributed by atoms with Crippen molar-refractivity contribution in [2.75, 3.05) is 18.2 Å². The summed E-state index contributed by atoms with van der Waals surface area (Å²) in [6, 6.07) is 9.01. The molecule has 0 radical (unpaired) electrons. The van der Waals surface area contributed by atoms with E-state index in [-0.39, 0.29) is 5.41 Å². The van der Waals surface area contributed by atoms with Gasteiger partial charge >= 0.3 is 0 Å².